The Morgan fingerprint density at radius 2 is 1.62 bits per heavy atom. The van der Waals surface area contributed by atoms with Crippen LogP contribution in [-0.2, 0) is 14.8 Å². The minimum Gasteiger partial charge on any atom is -0.353 e. The molecule has 0 aliphatic carbocycles. The number of carbonyl (C=O) groups is 1. The smallest absolute Gasteiger partial charge is 0.243 e. The molecule has 3 heterocycles. The van der Waals surface area contributed by atoms with Gasteiger partial charge in [-0.25, -0.2) is 13.4 Å². The lowest BCUT2D eigenvalue weighted by Gasteiger charge is -2.37. The summed E-state index contributed by atoms with van der Waals surface area (Å²) < 4.78 is 28.3. The summed E-state index contributed by atoms with van der Waals surface area (Å²) in [7, 11) is -3.75. The van der Waals surface area contributed by atoms with Gasteiger partial charge in [-0.2, -0.15) is 4.31 Å². The van der Waals surface area contributed by atoms with Gasteiger partial charge in [0, 0.05) is 38.9 Å². The van der Waals surface area contributed by atoms with Crippen molar-refractivity contribution < 1.29 is 13.2 Å². The quantitative estimate of drug-likeness (QED) is 0.611. The Kier molecular flexibility index (Phi) is 5.57. The third kappa shape index (κ3) is 3.84. The van der Waals surface area contributed by atoms with E-state index in [0.29, 0.717) is 45.6 Å². The third-order valence-corrected chi connectivity index (χ3v) is 8.29. The predicted octanol–water partition coefficient (Wildman–Crippen LogP) is 2.74. The van der Waals surface area contributed by atoms with Gasteiger partial charge in [0.1, 0.15) is 11.9 Å². The largest absolute Gasteiger partial charge is 0.353 e. The zero-order valence-electron chi connectivity index (χ0n) is 17.8. The number of benzene rings is 2. The van der Waals surface area contributed by atoms with E-state index in [2.05, 4.69) is 9.88 Å². The first-order valence-corrected chi connectivity index (χ1v) is 12.4. The fourth-order valence-electron chi connectivity index (χ4n) is 4.65. The molecule has 7 nitrogen and oxygen atoms in total. The topological polar surface area (TPSA) is 73.8 Å². The molecule has 1 aromatic heterocycles. The highest BCUT2D eigenvalue weighted by Gasteiger charge is 2.41. The number of amides is 1. The van der Waals surface area contributed by atoms with Gasteiger partial charge in [0.25, 0.3) is 0 Å². The summed E-state index contributed by atoms with van der Waals surface area (Å²) in [5.41, 5.74) is 0. The monoisotopic (exact) mass is 450 g/mol. The van der Waals surface area contributed by atoms with Crippen LogP contribution in [0.5, 0.6) is 0 Å². The van der Waals surface area contributed by atoms with Gasteiger partial charge in [-0.05, 0) is 47.9 Å². The second-order valence-electron chi connectivity index (χ2n) is 8.28. The van der Waals surface area contributed by atoms with Gasteiger partial charge >= 0.3 is 0 Å². The first-order valence-electron chi connectivity index (χ1n) is 11.0. The zero-order chi connectivity index (χ0) is 22.1. The number of hydrogen-bond acceptors (Lipinski definition) is 5. The summed E-state index contributed by atoms with van der Waals surface area (Å²) in [5, 5.41) is 1.87. The van der Waals surface area contributed by atoms with Gasteiger partial charge in [0.05, 0.1) is 4.90 Å². The molecule has 0 spiro atoms. The molecule has 2 saturated heterocycles. The number of nitrogens with zero attached hydrogens (tertiary/aromatic N) is 4. The highest BCUT2D eigenvalue weighted by molar-refractivity contribution is 7.89. The molecule has 8 heteroatoms. The van der Waals surface area contributed by atoms with Crippen LogP contribution in [0.25, 0.3) is 10.8 Å². The number of aromatic nitrogens is 1. The summed E-state index contributed by atoms with van der Waals surface area (Å²) in [5.74, 6) is 0.813. The predicted molar refractivity (Wildman–Crippen MR) is 124 cm³/mol. The number of anilines is 1. The average Bonchev–Trinajstić information content (AvgIpc) is 3.35. The maximum Gasteiger partial charge on any atom is 0.243 e. The normalized spacial score (nSPS) is 20.1. The third-order valence-electron chi connectivity index (χ3n) is 6.38. The van der Waals surface area contributed by atoms with E-state index in [4.69, 9.17) is 0 Å². The SMILES string of the molecule is O=C([C@H]1CCCN1S(=O)(=O)c1ccc2ccccc2c1)N1CCN(c2ccccn2)CC1. The number of sulfonamides is 1. The molecule has 0 N–H and O–H groups in total. The average molecular weight is 451 g/mol. The van der Waals surface area contributed by atoms with Gasteiger partial charge in [0.2, 0.25) is 15.9 Å². The van der Waals surface area contributed by atoms with Crippen LogP contribution in [0.4, 0.5) is 5.82 Å². The van der Waals surface area contributed by atoms with Crippen LogP contribution < -0.4 is 4.90 Å². The van der Waals surface area contributed by atoms with Gasteiger partial charge in [-0.1, -0.05) is 36.4 Å². The van der Waals surface area contributed by atoms with E-state index in [1.807, 2.05) is 48.5 Å². The maximum absolute atomic E-state index is 13.5. The first-order chi connectivity index (χ1) is 15.5. The molecule has 1 amide bonds. The Morgan fingerprint density at radius 1 is 0.875 bits per heavy atom. The molecule has 5 rings (SSSR count). The molecule has 2 fully saturated rings. The maximum atomic E-state index is 13.5. The molecule has 166 valence electrons. The molecule has 0 saturated carbocycles. The standard InChI is InChI=1S/C24H26N4O3S/c29-24(27-16-14-26(15-17-27)23-9-3-4-12-25-23)22-8-5-13-28(22)32(30,31)21-11-10-19-6-1-2-7-20(19)18-21/h1-4,6-7,9-12,18,22H,5,8,13-17H2/t22-/m1/s1. The van der Waals surface area contributed by atoms with Crippen molar-refractivity contribution in [2.75, 3.05) is 37.6 Å². The van der Waals surface area contributed by atoms with E-state index in [9.17, 15) is 13.2 Å². The van der Waals surface area contributed by atoms with E-state index in [0.717, 1.165) is 16.6 Å². The van der Waals surface area contributed by atoms with E-state index in [-0.39, 0.29) is 10.8 Å². The number of hydrogen-bond donors (Lipinski definition) is 0. The lowest BCUT2D eigenvalue weighted by Crippen LogP contribution is -2.54. The number of piperazine rings is 1. The zero-order valence-corrected chi connectivity index (χ0v) is 18.6. The van der Waals surface area contributed by atoms with E-state index in [1.54, 1.807) is 23.2 Å². The Labute approximate surface area is 188 Å². The van der Waals surface area contributed by atoms with Crippen LogP contribution in [0.1, 0.15) is 12.8 Å². The van der Waals surface area contributed by atoms with Gasteiger partial charge in [-0.15, -0.1) is 0 Å². The summed E-state index contributed by atoms with van der Waals surface area (Å²) in [6, 6.07) is 18.0. The van der Waals surface area contributed by atoms with Crippen molar-refractivity contribution in [2.24, 2.45) is 0 Å². The second kappa shape index (κ2) is 8.52. The number of rotatable bonds is 4. The van der Waals surface area contributed by atoms with Crippen molar-refractivity contribution in [1.29, 1.82) is 0 Å². The van der Waals surface area contributed by atoms with Crippen molar-refractivity contribution in [3.8, 4) is 0 Å². The minimum atomic E-state index is -3.75. The highest BCUT2D eigenvalue weighted by Crippen LogP contribution is 2.29. The van der Waals surface area contributed by atoms with Crippen molar-refractivity contribution >= 4 is 32.5 Å². The first kappa shape index (κ1) is 20.9. The molecular formula is C24H26N4O3S. The van der Waals surface area contributed by atoms with Crippen LogP contribution >= 0.6 is 0 Å². The molecule has 2 aliphatic rings. The van der Waals surface area contributed by atoms with E-state index >= 15 is 0 Å². The minimum absolute atomic E-state index is 0.0902. The summed E-state index contributed by atoms with van der Waals surface area (Å²) in [4.78, 5) is 21.9. The summed E-state index contributed by atoms with van der Waals surface area (Å²) in [6.07, 6.45) is 3.02. The number of fused-ring (bicyclic) bond motifs is 1. The highest BCUT2D eigenvalue weighted by atomic mass is 32.2. The number of pyridine rings is 1. The summed E-state index contributed by atoms with van der Waals surface area (Å²) in [6.45, 7) is 2.88. The van der Waals surface area contributed by atoms with E-state index < -0.39 is 16.1 Å². The fraction of sp³-hybridized carbons (Fsp3) is 0.333. The summed E-state index contributed by atoms with van der Waals surface area (Å²) >= 11 is 0. The Balaban J connectivity index is 1.32. The lowest BCUT2D eigenvalue weighted by atomic mass is 10.1. The molecule has 0 bridgehead atoms. The Morgan fingerprint density at radius 3 is 2.38 bits per heavy atom. The molecule has 1 atom stereocenters. The van der Waals surface area contributed by atoms with Crippen LogP contribution in [0.3, 0.4) is 0 Å². The van der Waals surface area contributed by atoms with Crippen molar-refractivity contribution in [1.82, 2.24) is 14.2 Å². The molecule has 0 unspecified atom stereocenters. The molecule has 2 aromatic carbocycles. The molecule has 32 heavy (non-hydrogen) atoms. The van der Waals surface area contributed by atoms with Crippen molar-refractivity contribution in [3.05, 3.63) is 66.9 Å². The van der Waals surface area contributed by atoms with Crippen LogP contribution in [-0.4, -0.2) is 67.3 Å². The van der Waals surface area contributed by atoms with Gasteiger partial charge < -0.3 is 9.80 Å². The Bertz CT molecular complexity index is 1220. The Hall–Kier alpha value is -2.97. The molecular weight excluding hydrogens is 424 g/mol. The van der Waals surface area contributed by atoms with Gasteiger partial charge in [-0.3, -0.25) is 4.79 Å². The van der Waals surface area contributed by atoms with Crippen molar-refractivity contribution in [3.63, 3.8) is 0 Å². The molecule has 0 radical (unpaired) electrons. The van der Waals surface area contributed by atoms with Crippen molar-refractivity contribution in [2.45, 2.75) is 23.8 Å². The van der Waals surface area contributed by atoms with Crippen LogP contribution in [0.2, 0.25) is 0 Å². The second-order valence-corrected chi connectivity index (χ2v) is 10.2. The van der Waals surface area contributed by atoms with Crippen LogP contribution in [0, 0.1) is 0 Å². The number of carbonyl (C=O) groups excluding carboxylic acids is 1. The van der Waals surface area contributed by atoms with E-state index in [1.165, 1.54) is 4.31 Å². The fourth-order valence-corrected chi connectivity index (χ4v) is 6.33. The van der Waals surface area contributed by atoms with Gasteiger partial charge in [0.15, 0.2) is 0 Å². The van der Waals surface area contributed by atoms with Crippen LogP contribution in [0.15, 0.2) is 71.8 Å². The molecule has 3 aromatic rings. The lowest BCUT2D eigenvalue weighted by molar-refractivity contribution is -0.134. The molecule has 2 aliphatic heterocycles.